The number of halogens is 4. The summed E-state index contributed by atoms with van der Waals surface area (Å²) in [4.78, 5) is 38.6. The lowest BCUT2D eigenvalue weighted by Gasteiger charge is -2.26. The number of carbonyl (C=O) groups is 3. The Balaban J connectivity index is 2.29. The number of rotatable bonds is 9. The van der Waals surface area contributed by atoms with Gasteiger partial charge in [-0.05, 0) is 35.8 Å². The van der Waals surface area contributed by atoms with Gasteiger partial charge in [0, 0.05) is 12.1 Å². The van der Waals surface area contributed by atoms with Crippen LogP contribution in [0.3, 0.4) is 0 Å². The van der Waals surface area contributed by atoms with Gasteiger partial charge in [-0.2, -0.15) is 13.2 Å². The molecule has 0 saturated heterocycles. The third kappa shape index (κ3) is 7.62. The Kier molecular flexibility index (Phi) is 9.26. The summed E-state index contributed by atoms with van der Waals surface area (Å²) in [5.41, 5.74) is 0.262. The Bertz CT molecular complexity index is 1060. The van der Waals surface area contributed by atoms with E-state index >= 15 is 0 Å². The monoisotopic (exact) mass is 496 g/mol. The van der Waals surface area contributed by atoms with Crippen molar-refractivity contribution in [2.24, 2.45) is 5.92 Å². The number of likely N-dealkylation sites (N-methyl/N-ethyl adjacent to an activating group) is 1. The Morgan fingerprint density at radius 2 is 1.74 bits per heavy atom. The molecule has 1 N–H and O–H groups in total. The molecular weight excluding hydrogens is 473 g/mol. The number of alkyl halides is 3. The molecule has 0 aliphatic heterocycles. The van der Waals surface area contributed by atoms with E-state index in [1.165, 1.54) is 33.0 Å². The summed E-state index contributed by atoms with van der Waals surface area (Å²) in [6.45, 7) is 2.29. The molecule has 10 heteroatoms. The van der Waals surface area contributed by atoms with E-state index in [-0.39, 0.29) is 5.70 Å². The molecule has 0 aliphatic rings. The number of carbonyl (C=O) groups excluding carboxylic acids is 3. The molecule has 0 bridgehead atoms. The largest absolute Gasteiger partial charge is 0.484 e. The number of hydrogen-bond acceptors (Lipinski definition) is 4. The van der Waals surface area contributed by atoms with Crippen LogP contribution in [-0.4, -0.2) is 48.4 Å². The number of Topliss-reactive ketones (excluding diaryl/α,β-unsaturated/α-hetero) is 1. The molecule has 34 heavy (non-hydrogen) atoms. The molecule has 0 heterocycles. The summed E-state index contributed by atoms with van der Waals surface area (Å²) in [6, 6.07) is 12.9. The van der Waals surface area contributed by atoms with Crippen molar-refractivity contribution in [3.63, 3.8) is 0 Å². The quantitative estimate of drug-likeness (QED) is 0.519. The zero-order valence-electron chi connectivity index (χ0n) is 18.7. The first-order valence-corrected chi connectivity index (χ1v) is 10.6. The summed E-state index contributed by atoms with van der Waals surface area (Å²) < 4.78 is 44.5. The fourth-order valence-corrected chi connectivity index (χ4v) is 3.06. The number of hydrogen-bond donors (Lipinski definition) is 1. The van der Waals surface area contributed by atoms with Crippen molar-refractivity contribution in [2.45, 2.75) is 26.1 Å². The van der Waals surface area contributed by atoms with E-state index in [4.69, 9.17) is 16.3 Å². The van der Waals surface area contributed by atoms with Crippen molar-refractivity contribution >= 4 is 35.3 Å². The zero-order chi connectivity index (χ0) is 25.5. The molecule has 2 aromatic carbocycles. The predicted molar refractivity (Wildman–Crippen MR) is 122 cm³/mol. The molecule has 2 rings (SSSR count). The van der Waals surface area contributed by atoms with Crippen molar-refractivity contribution in [1.82, 2.24) is 10.2 Å². The molecule has 0 saturated carbocycles. The Hall–Kier alpha value is -3.33. The fraction of sp³-hybridized carbons (Fsp3) is 0.292. The number of nitrogens with one attached hydrogen (secondary N) is 1. The van der Waals surface area contributed by atoms with Crippen molar-refractivity contribution < 1.29 is 32.3 Å². The van der Waals surface area contributed by atoms with E-state index in [0.717, 1.165) is 4.90 Å². The minimum Gasteiger partial charge on any atom is -0.484 e. The first-order valence-electron chi connectivity index (χ1n) is 10.2. The van der Waals surface area contributed by atoms with Crippen molar-refractivity contribution in [3.05, 3.63) is 70.9 Å². The highest BCUT2D eigenvalue weighted by Gasteiger charge is 2.45. The van der Waals surface area contributed by atoms with Crippen LogP contribution in [-0.2, 0) is 14.4 Å². The van der Waals surface area contributed by atoms with Gasteiger partial charge in [0.25, 0.3) is 17.6 Å². The summed E-state index contributed by atoms with van der Waals surface area (Å²) >= 11 is 5.89. The van der Waals surface area contributed by atoms with Gasteiger partial charge in [0.05, 0.1) is 6.04 Å². The zero-order valence-corrected chi connectivity index (χ0v) is 19.5. The molecule has 182 valence electrons. The minimum atomic E-state index is -5.13. The molecule has 0 aliphatic carbocycles. The minimum absolute atomic E-state index is 0.258. The van der Waals surface area contributed by atoms with Crippen LogP contribution >= 0.6 is 11.6 Å². The number of benzene rings is 2. The van der Waals surface area contributed by atoms with Gasteiger partial charge in [0.15, 0.2) is 6.61 Å². The van der Waals surface area contributed by atoms with E-state index in [9.17, 15) is 27.6 Å². The molecule has 0 fully saturated rings. The number of ether oxygens (including phenoxy) is 1. The maximum Gasteiger partial charge on any atom is 0.452 e. The fourth-order valence-electron chi connectivity index (χ4n) is 2.88. The second-order valence-corrected chi connectivity index (χ2v) is 8.13. The maximum absolute atomic E-state index is 13.0. The van der Waals surface area contributed by atoms with Crippen molar-refractivity contribution in [3.8, 4) is 5.75 Å². The Morgan fingerprint density at radius 3 is 2.29 bits per heavy atom. The van der Waals surface area contributed by atoms with Crippen LogP contribution in [0.25, 0.3) is 6.08 Å². The van der Waals surface area contributed by atoms with Crippen LogP contribution in [0.15, 0.2) is 60.3 Å². The van der Waals surface area contributed by atoms with Crippen LogP contribution in [0, 0.1) is 5.92 Å². The third-order valence-corrected chi connectivity index (χ3v) is 4.98. The Labute approximate surface area is 200 Å². The van der Waals surface area contributed by atoms with E-state index in [1.807, 2.05) is 0 Å². The van der Waals surface area contributed by atoms with E-state index < -0.39 is 42.3 Å². The van der Waals surface area contributed by atoms with Crippen LogP contribution in [0.4, 0.5) is 13.2 Å². The highest BCUT2D eigenvalue weighted by Crippen LogP contribution is 2.22. The molecule has 6 nitrogen and oxygen atoms in total. The predicted octanol–water partition coefficient (Wildman–Crippen LogP) is 4.49. The molecule has 2 aromatic rings. The number of nitrogens with zero attached hydrogens (tertiary/aromatic N) is 1. The molecule has 0 unspecified atom stereocenters. The van der Waals surface area contributed by atoms with Crippen molar-refractivity contribution in [2.75, 3.05) is 13.7 Å². The second kappa shape index (κ2) is 11.7. The highest BCUT2D eigenvalue weighted by molar-refractivity contribution is 6.30. The first kappa shape index (κ1) is 26.9. The molecule has 0 aromatic heterocycles. The first-order chi connectivity index (χ1) is 15.9. The molecule has 2 amide bonds. The van der Waals surface area contributed by atoms with Gasteiger partial charge < -0.3 is 15.0 Å². The summed E-state index contributed by atoms with van der Waals surface area (Å²) in [7, 11) is 1.29. The van der Waals surface area contributed by atoms with Gasteiger partial charge in [0.2, 0.25) is 0 Å². The lowest BCUT2D eigenvalue weighted by molar-refractivity contribution is -0.174. The summed E-state index contributed by atoms with van der Waals surface area (Å²) in [6.07, 6.45) is -3.79. The van der Waals surface area contributed by atoms with Gasteiger partial charge in [-0.25, -0.2) is 0 Å². The molecule has 0 spiro atoms. The highest BCUT2D eigenvalue weighted by atomic mass is 35.5. The average molecular weight is 497 g/mol. The van der Waals surface area contributed by atoms with E-state index in [1.54, 1.807) is 48.5 Å². The third-order valence-electron chi connectivity index (χ3n) is 4.74. The lowest BCUT2D eigenvalue weighted by atomic mass is 9.99. The van der Waals surface area contributed by atoms with Crippen LogP contribution < -0.4 is 10.1 Å². The van der Waals surface area contributed by atoms with Gasteiger partial charge in [-0.3, -0.25) is 14.4 Å². The van der Waals surface area contributed by atoms with E-state index in [2.05, 4.69) is 5.32 Å². The SMILES string of the molecule is CC(C)[C@H](NC(=O)/C(=C/c1ccccc1)N(C)C(=O)COc1cccc(Cl)c1)C(=O)C(F)(F)F. The maximum atomic E-state index is 13.0. The molecule has 0 radical (unpaired) electrons. The van der Waals surface area contributed by atoms with Gasteiger partial charge in [-0.15, -0.1) is 0 Å². The van der Waals surface area contributed by atoms with Crippen LogP contribution in [0.2, 0.25) is 5.02 Å². The van der Waals surface area contributed by atoms with Gasteiger partial charge in [0.1, 0.15) is 11.4 Å². The Morgan fingerprint density at radius 1 is 1.09 bits per heavy atom. The number of ketones is 1. The van der Waals surface area contributed by atoms with Gasteiger partial charge >= 0.3 is 6.18 Å². The van der Waals surface area contributed by atoms with Gasteiger partial charge in [-0.1, -0.05) is 61.8 Å². The van der Waals surface area contributed by atoms with Crippen molar-refractivity contribution in [1.29, 1.82) is 0 Å². The average Bonchev–Trinajstić information content (AvgIpc) is 2.78. The topological polar surface area (TPSA) is 75.7 Å². The normalized spacial score (nSPS) is 12.8. The standard InChI is InChI=1S/C24H24ClF3N2O4/c1-15(2)21(22(32)24(26,27)28)29-23(33)19(12-16-8-5-4-6-9-16)30(3)20(31)14-34-18-11-7-10-17(25)13-18/h4-13,15,21H,14H2,1-3H3,(H,29,33)/b19-12-/t21-/m0/s1. The smallest absolute Gasteiger partial charge is 0.452 e. The summed E-state index contributed by atoms with van der Waals surface area (Å²) in [5, 5.41) is 2.53. The second-order valence-electron chi connectivity index (χ2n) is 7.70. The summed E-state index contributed by atoms with van der Waals surface area (Å²) in [5.74, 6) is -4.27. The molecule has 1 atom stereocenters. The number of amides is 2. The molecular formula is C24H24ClF3N2O4. The van der Waals surface area contributed by atoms with Crippen LogP contribution in [0.1, 0.15) is 19.4 Å². The van der Waals surface area contributed by atoms with E-state index in [0.29, 0.717) is 16.3 Å². The van der Waals surface area contributed by atoms with Crippen LogP contribution in [0.5, 0.6) is 5.75 Å². The lowest BCUT2D eigenvalue weighted by Crippen LogP contribution is -2.51.